The summed E-state index contributed by atoms with van der Waals surface area (Å²) in [5, 5.41) is 21.3. The number of benzene rings is 3. The lowest BCUT2D eigenvalue weighted by molar-refractivity contribution is -0.192. The Morgan fingerprint density at radius 2 is 1.49 bits per heavy atom. The zero-order chi connectivity index (χ0) is 34.4. The standard InChI is InChI=1S/C28H27N5O6S.C2HF3O2/c34-25-16-24(40(38,39)33-25)19-12-10-18(11-13-19)14-22(26-29-20-8-4-5-9-21(20)30-26)31-28(37)32-23(27(35)36)15-17-6-2-1-3-7-17;3-2(4,5)1(6)7/h1-13,22-24H,14-16H2,(H,29,30)(H,33,34)(H,35,36)(H2,31,32,37);(H,6,7)/t22-,23-,24?;/m0./s1. The summed E-state index contributed by atoms with van der Waals surface area (Å²) in [7, 11) is -3.77. The highest BCUT2D eigenvalue weighted by Crippen LogP contribution is 2.30. The zero-order valence-electron chi connectivity index (χ0n) is 24.2. The van der Waals surface area contributed by atoms with E-state index in [0.29, 0.717) is 16.9 Å². The predicted molar refractivity (Wildman–Crippen MR) is 160 cm³/mol. The third-order valence-corrected chi connectivity index (χ3v) is 8.66. The number of hydrogen-bond donors (Lipinski definition) is 6. The van der Waals surface area contributed by atoms with Crippen LogP contribution in [0.2, 0.25) is 0 Å². The number of H-pyrrole nitrogens is 1. The highest BCUT2D eigenvalue weighted by Gasteiger charge is 2.38. The summed E-state index contributed by atoms with van der Waals surface area (Å²) < 4.78 is 58.2. The Bertz CT molecular complexity index is 1830. The van der Waals surface area contributed by atoms with Crippen molar-refractivity contribution in [2.75, 3.05) is 0 Å². The smallest absolute Gasteiger partial charge is 0.480 e. The number of alkyl halides is 3. The van der Waals surface area contributed by atoms with Gasteiger partial charge in [0.05, 0.1) is 23.5 Å². The third kappa shape index (κ3) is 9.29. The summed E-state index contributed by atoms with van der Waals surface area (Å²) >= 11 is 0. The van der Waals surface area contributed by atoms with Gasteiger partial charge in [-0.15, -0.1) is 0 Å². The molecule has 1 aliphatic rings. The number of carboxylic acid groups (broad SMARTS) is 2. The number of aromatic nitrogens is 2. The molecule has 6 N–H and O–H groups in total. The van der Waals surface area contributed by atoms with Crippen molar-refractivity contribution in [2.45, 2.75) is 42.8 Å². The normalized spacial score (nSPS) is 16.7. The quantitative estimate of drug-likeness (QED) is 0.154. The number of nitrogens with one attached hydrogen (secondary N) is 4. The molecule has 47 heavy (non-hydrogen) atoms. The first-order valence-corrected chi connectivity index (χ1v) is 15.4. The molecule has 4 aromatic rings. The van der Waals surface area contributed by atoms with Gasteiger partial charge in [0.1, 0.15) is 17.1 Å². The summed E-state index contributed by atoms with van der Waals surface area (Å²) in [5.74, 6) is -3.98. The van der Waals surface area contributed by atoms with Gasteiger partial charge in [0, 0.05) is 6.42 Å². The van der Waals surface area contributed by atoms with Crippen molar-refractivity contribution in [3.8, 4) is 0 Å². The molecule has 3 aromatic carbocycles. The maximum Gasteiger partial charge on any atom is 0.490 e. The summed E-state index contributed by atoms with van der Waals surface area (Å²) in [6.07, 6.45) is -4.83. The van der Waals surface area contributed by atoms with Crippen LogP contribution in [0.1, 0.15) is 40.2 Å². The average molecular weight is 676 g/mol. The third-order valence-electron chi connectivity index (χ3n) is 6.96. The molecule has 5 rings (SSSR count). The molecule has 3 atom stereocenters. The second-order valence-corrected chi connectivity index (χ2v) is 12.3. The number of sulfonamides is 1. The fourth-order valence-corrected chi connectivity index (χ4v) is 6.14. The van der Waals surface area contributed by atoms with Gasteiger partial charge in [-0.1, -0.05) is 66.7 Å². The molecular weight excluding hydrogens is 647 g/mol. The fraction of sp³-hybridized carbons (Fsp3) is 0.233. The SMILES string of the molecule is O=C(O)C(F)(F)F.O=C1CC(c2ccc(C[C@H](NC(=O)N[C@@H](Cc3ccccc3)C(=O)O)c3nc4ccccc4[nH]3)cc2)S(=O)(=O)N1. The number of amides is 3. The van der Waals surface area contributed by atoms with Gasteiger partial charge in [0.2, 0.25) is 15.9 Å². The molecule has 1 aromatic heterocycles. The lowest BCUT2D eigenvalue weighted by Crippen LogP contribution is -2.48. The molecule has 0 saturated carbocycles. The molecule has 0 radical (unpaired) electrons. The van der Waals surface area contributed by atoms with Crippen LogP contribution in [0.15, 0.2) is 78.9 Å². The topological polar surface area (TPSA) is 208 Å². The Hall–Kier alpha value is -5.45. The number of fused-ring (bicyclic) bond motifs is 1. The van der Waals surface area contributed by atoms with Crippen LogP contribution in [0.25, 0.3) is 11.0 Å². The number of imidazole rings is 1. The van der Waals surface area contributed by atoms with Crippen LogP contribution in [0.5, 0.6) is 0 Å². The van der Waals surface area contributed by atoms with E-state index in [0.717, 1.165) is 16.6 Å². The van der Waals surface area contributed by atoms with E-state index < -0.39 is 57.4 Å². The fourth-order valence-electron chi connectivity index (χ4n) is 4.71. The predicted octanol–water partition coefficient (Wildman–Crippen LogP) is 3.37. The molecule has 17 heteroatoms. The Labute approximate surface area is 265 Å². The van der Waals surface area contributed by atoms with Crippen molar-refractivity contribution in [2.24, 2.45) is 0 Å². The summed E-state index contributed by atoms with van der Waals surface area (Å²) in [5.41, 5.74) is 3.50. The van der Waals surface area contributed by atoms with E-state index in [1.165, 1.54) is 0 Å². The first-order chi connectivity index (χ1) is 22.1. The van der Waals surface area contributed by atoms with Crippen LogP contribution in [-0.4, -0.2) is 64.7 Å². The number of carbonyl (C=O) groups excluding carboxylic acids is 2. The van der Waals surface area contributed by atoms with Gasteiger partial charge in [-0.25, -0.2) is 27.8 Å². The second kappa shape index (κ2) is 14.3. The van der Waals surface area contributed by atoms with Crippen LogP contribution >= 0.6 is 0 Å². The Balaban J connectivity index is 0.000000644. The number of urea groups is 1. The van der Waals surface area contributed by atoms with Gasteiger partial charge in [-0.3, -0.25) is 9.52 Å². The number of aliphatic carboxylic acids is 2. The lowest BCUT2D eigenvalue weighted by Gasteiger charge is -2.20. The van der Waals surface area contributed by atoms with E-state index in [1.54, 1.807) is 48.5 Å². The maximum atomic E-state index is 13.0. The van der Waals surface area contributed by atoms with Crippen LogP contribution in [0.4, 0.5) is 18.0 Å². The van der Waals surface area contributed by atoms with Crippen LogP contribution in [0, 0.1) is 0 Å². The number of carboxylic acids is 2. The minimum atomic E-state index is -5.08. The highest BCUT2D eigenvalue weighted by molar-refractivity contribution is 7.90. The molecule has 1 saturated heterocycles. The molecule has 13 nitrogen and oxygen atoms in total. The summed E-state index contributed by atoms with van der Waals surface area (Å²) in [6, 6.07) is 20.7. The Kier molecular flexibility index (Phi) is 10.5. The first-order valence-electron chi connectivity index (χ1n) is 13.8. The maximum absolute atomic E-state index is 13.0. The van der Waals surface area contributed by atoms with Gasteiger partial charge in [0.25, 0.3) is 0 Å². The molecule has 0 spiro atoms. The molecule has 3 amide bonds. The molecule has 1 fully saturated rings. The number of rotatable bonds is 9. The van der Waals surface area contributed by atoms with Gasteiger partial charge < -0.3 is 25.8 Å². The summed E-state index contributed by atoms with van der Waals surface area (Å²) in [6.45, 7) is 0. The van der Waals surface area contributed by atoms with Gasteiger partial charge in [-0.05, 0) is 35.2 Å². The van der Waals surface area contributed by atoms with Crippen molar-refractivity contribution in [3.63, 3.8) is 0 Å². The number of nitrogens with zero attached hydrogens (tertiary/aromatic N) is 1. The van der Waals surface area contributed by atoms with Crippen molar-refractivity contribution < 1.29 is 51.0 Å². The first kappa shape index (κ1) is 34.4. The van der Waals surface area contributed by atoms with Crippen LogP contribution in [-0.2, 0) is 37.2 Å². The van der Waals surface area contributed by atoms with E-state index in [2.05, 4.69) is 20.6 Å². The Morgan fingerprint density at radius 3 is 2.04 bits per heavy atom. The highest BCUT2D eigenvalue weighted by atomic mass is 32.2. The van der Waals surface area contributed by atoms with Crippen LogP contribution < -0.4 is 15.4 Å². The van der Waals surface area contributed by atoms with Crippen molar-refractivity contribution in [1.82, 2.24) is 25.3 Å². The number of aromatic amines is 1. The van der Waals surface area contributed by atoms with E-state index in [4.69, 9.17) is 9.90 Å². The molecule has 1 aliphatic heterocycles. The molecule has 2 heterocycles. The number of carbonyl (C=O) groups is 4. The van der Waals surface area contributed by atoms with Gasteiger partial charge in [-0.2, -0.15) is 13.2 Å². The number of halogens is 3. The van der Waals surface area contributed by atoms with E-state index in [1.807, 2.05) is 35.1 Å². The number of hydrogen-bond acceptors (Lipinski definition) is 7. The molecule has 248 valence electrons. The molecule has 0 bridgehead atoms. The minimum Gasteiger partial charge on any atom is -0.480 e. The van der Waals surface area contributed by atoms with Crippen molar-refractivity contribution in [1.29, 1.82) is 0 Å². The van der Waals surface area contributed by atoms with Crippen molar-refractivity contribution in [3.05, 3.63) is 101 Å². The lowest BCUT2D eigenvalue weighted by atomic mass is 10.0. The average Bonchev–Trinajstić information content (AvgIpc) is 3.56. The molecule has 0 aliphatic carbocycles. The van der Waals surface area contributed by atoms with Gasteiger partial charge >= 0.3 is 24.1 Å². The minimum absolute atomic E-state index is 0.113. The zero-order valence-corrected chi connectivity index (χ0v) is 25.0. The van der Waals surface area contributed by atoms with Crippen molar-refractivity contribution >= 4 is 44.9 Å². The van der Waals surface area contributed by atoms with E-state index >= 15 is 0 Å². The van der Waals surface area contributed by atoms with E-state index in [9.17, 15) is 41.1 Å². The number of para-hydroxylation sites is 2. The Morgan fingerprint density at radius 1 is 0.894 bits per heavy atom. The van der Waals surface area contributed by atoms with Crippen LogP contribution in [0.3, 0.4) is 0 Å². The largest absolute Gasteiger partial charge is 0.490 e. The second-order valence-electron chi connectivity index (χ2n) is 10.4. The molecule has 1 unspecified atom stereocenters. The molecular formula is C30H28F3N5O8S. The summed E-state index contributed by atoms with van der Waals surface area (Å²) in [4.78, 5) is 53.3. The van der Waals surface area contributed by atoms with E-state index in [-0.39, 0.29) is 19.3 Å². The van der Waals surface area contributed by atoms with Gasteiger partial charge in [0.15, 0.2) is 0 Å². The monoisotopic (exact) mass is 675 g/mol.